The minimum atomic E-state index is -0.134. The highest BCUT2D eigenvalue weighted by molar-refractivity contribution is 5.28. The Hall–Kier alpha value is -1.53. The maximum absolute atomic E-state index is 8.75. The van der Waals surface area contributed by atoms with Crippen LogP contribution in [0.25, 0.3) is 0 Å². The Bertz CT molecular complexity index is 365. The molecular weight excluding hydrogens is 212 g/mol. The van der Waals surface area contributed by atoms with Crippen molar-refractivity contribution >= 4 is 0 Å². The lowest BCUT2D eigenvalue weighted by Gasteiger charge is -2.10. The Morgan fingerprint density at radius 2 is 1.94 bits per heavy atom. The molecule has 1 N–H and O–H groups in total. The van der Waals surface area contributed by atoms with Crippen LogP contribution in [0.5, 0.6) is 5.75 Å². The van der Waals surface area contributed by atoms with Gasteiger partial charge in [0.2, 0.25) is 0 Å². The number of ether oxygens (including phenoxy) is 1. The van der Waals surface area contributed by atoms with Crippen LogP contribution < -0.4 is 10.1 Å². The summed E-state index contributed by atoms with van der Waals surface area (Å²) in [5, 5.41) is 11.7. The molecule has 1 aromatic rings. The molecule has 0 aliphatic heterocycles. The molecule has 0 amide bonds. The van der Waals surface area contributed by atoms with Crippen molar-refractivity contribution in [3.05, 3.63) is 29.8 Å². The van der Waals surface area contributed by atoms with Gasteiger partial charge in [-0.25, -0.2) is 0 Å². The summed E-state index contributed by atoms with van der Waals surface area (Å²) < 4.78 is 5.58. The summed E-state index contributed by atoms with van der Waals surface area (Å²) in [6, 6.07) is 10.2. The highest BCUT2D eigenvalue weighted by Gasteiger charge is 2.04. The van der Waals surface area contributed by atoms with Crippen LogP contribution in [-0.2, 0) is 0 Å². The molecule has 17 heavy (non-hydrogen) atoms. The summed E-state index contributed by atoms with van der Waals surface area (Å²) in [5.74, 6) is 1.40. The molecule has 0 fully saturated rings. The van der Waals surface area contributed by atoms with Gasteiger partial charge in [-0.05, 0) is 30.7 Å². The first-order valence-electron chi connectivity index (χ1n) is 5.97. The first-order chi connectivity index (χ1) is 8.17. The van der Waals surface area contributed by atoms with E-state index in [1.165, 1.54) is 5.56 Å². The van der Waals surface area contributed by atoms with Gasteiger partial charge < -0.3 is 10.1 Å². The molecule has 1 rings (SSSR count). The van der Waals surface area contributed by atoms with E-state index in [2.05, 4.69) is 37.4 Å². The van der Waals surface area contributed by atoms with Crippen LogP contribution in [0, 0.1) is 11.3 Å². The summed E-state index contributed by atoms with van der Waals surface area (Å²) in [6.45, 7) is 4.89. The van der Waals surface area contributed by atoms with E-state index in [1.807, 2.05) is 12.1 Å². The Morgan fingerprint density at radius 3 is 2.41 bits per heavy atom. The fourth-order valence-electron chi connectivity index (χ4n) is 1.52. The van der Waals surface area contributed by atoms with Crippen molar-refractivity contribution in [2.24, 2.45) is 0 Å². The molecule has 1 aromatic carbocycles. The zero-order valence-electron chi connectivity index (χ0n) is 10.7. The number of nitrogens with zero attached hydrogens (tertiary/aromatic N) is 1. The molecule has 0 heterocycles. The van der Waals surface area contributed by atoms with Gasteiger partial charge in [0.1, 0.15) is 5.75 Å². The fourth-order valence-corrected chi connectivity index (χ4v) is 1.52. The summed E-state index contributed by atoms with van der Waals surface area (Å²) in [7, 11) is 1.78. The van der Waals surface area contributed by atoms with Gasteiger partial charge in [-0.2, -0.15) is 5.26 Å². The van der Waals surface area contributed by atoms with Crippen LogP contribution in [0.3, 0.4) is 0 Å². The normalized spacial score (nSPS) is 12.2. The first kappa shape index (κ1) is 13.5. The van der Waals surface area contributed by atoms with E-state index >= 15 is 0 Å². The number of rotatable bonds is 6. The SMILES string of the molecule is CNC(C#N)CCOc1ccc(C(C)C)cc1. The maximum Gasteiger partial charge on any atom is 0.119 e. The molecular formula is C14H20N2O. The topological polar surface area (TPSA) is 45.0 Å². The maximum atomic E-state index is 8.75. The van der Waals surface area contributed by atoms with Crippen molar-refractivity contribution in [3.8, 4) is 11.8 Å². The van der Waals surface area contributed by atoms with Gasteiger partial charge >= 0.3 is 0 Å². The van der Waals surface area contributed by atoms with Crippen molar-refractivity contribution in [2.75, 3.05) is 13.7 Å². The standard InChI is InChI=1S/C14H20N2O/c1-11(2)12-4-6-14(7-5-12)17-9-8-13(10-15)16-3/h4-7,11,13,16H,8-9H2,1-3H3. The molecule has 0 bridgehead atoms. The van der Waals surface area contributed by atoms with Crippen molar-refractivity contribution in [1.82, 2.24) is 5.32 Å². The third-order valence-electron chi connectivity index (χ3n) is 2.73. The quantitative estimate of drug-likeness (QED) is 0.820. The largest absolute Gasteiger partial charge is 0.493 e. The second-order valence-electron chi connectivity index (χ2n) is 4.33. The zero-order valence-corrected chi connectivity index (χ0v) is 10.7. The van der Waals surface area contributed by atoms with Crippen LogP contribution in [0.4, 0.5) is 0 Å². The van der Waals surface area contributed by atoms with E-state index in [1.54, 1.807) is 7.05 Å². The summed E-state index contributed by atoms with van der Waals surface area (Å²) in [5.41, 5.74) is 1.31. The van der Waals surface area contributed by atoms with Gasteiger partial charge in [-0.1, -0.05) is 26.0 Å². The van der Waals surface area contributed by atoms with Gasteiger partial charge in [0.05, 0.1) is 18.7 Å². The molecule has 0 aliphatic rings. The Labute approximate surface area is 103 Å². The van der Waals surface area contributed by atoms with E-state index in [-0.39, 0.29) is 6.04 Å². The van der Waals surface area contributed by atoms with Crippen LogP contribution in [-0.4, -0.2) is 19.7 Å². The molecule has 0 aromatic heterocycles. The second kappa shape index (κ2) is 6.93. The monoisotopic (exact) mass is 232 g/mol. The van der Waals surface area contributed by atoms with Crippen molar-refractivity contribution in [1.29, 1.82) is 5.26 Å². The third-order valence-corrected chi connectivity index (χ3v) is 2.73. The van der Waals surface area contributed by atoms with E-state index < -0.39 is 0 Å². The van der Waals surface area contributed by atoms with Gasteiger partial charge in [-0.3, -0.25) is 0 Å². The molecule has 1 atom stereocenters. The highest BCUT2D eigenvalue weighted by atomic mass is 16.5. The lowest BCUT2D eigenvalue weighted by molar-refractivity contribution is 0.300. The average molecular weight is 232 g/mol. The van der Waals surface area contributed by atoms with E-state index in [0.717, 1.165) is 5.75 Å². The van der Waals surface area contributed by atoms with Crippen LogP contribution in [0.2, 0.25) is 0 Å². The minimum Gasteiger partial charge on any atom is -0.493 e. The molecule has 0 saturated heterocycles. The molecule has 0 spiro atoms. The van der Waals surface area contributed by atoms with Crippen LogP contribution in [0.1, 0.15) is 31.7 Å². The number of hydrogen-bond acceptors (Lipinski definition) is 3. The van der Waals surface area contributed by atoms with Crippen molar-refractivity contribution < 1.29 is 4.74 Å². The van der Waals surface area contributed by atoms with Crippen LogP contribution in [0.15, 0.2) is 24.3 Å². The Balaban J connectivity index is 2.40. The second-order valence-corrected chi connectivity index (χ2v) is 4.33. The van der Waals surface area contributed by atoms with Crippen molar-refractivity contribution in [2.45, 2.75) is 32.2 Å². The molecule has 0 aliphatic carbocycles. The number of nitrogens with one attached hydrogen (secondary N) is 1. The first-order valence-corrected chi connectivity index (χ1v) is 5.97. The number of nitriles is 1. The smallest absolute Gasteiger partial charge is 0.119 e. The van der Waals surface area contributed by atoms with E-state index in [4.69, 9.17) is 10.00 Å². The predicted octanol–water partition coefficient (Wildman–Crippen LogP) is 2.69. The summed E-state index contributed by atoms with van der Waals surface area (Å²) >= 11 is 0. The molecule has 1 unspecified atom stereocenters. The molecule has 0 saturated carbocycles. The molecule has 0 radical (unpaired) electrons. The van der Waals surface area contributed by atoms with Gasteiger partial charge in [0.25, 0.3) is 0 Å². The highest BCUT2D eigenvalue weighted by Crippen LogP contribution is 2.18. The zero-order chi connectivity index (χ0) is 12.7. The fraction of sp³-hybridized carbons (Fsp3) is 0.500. The van der Waals surface area contributed by atoms with Crippen molar-refractivity contribution in [3.63, 3.8) is 0 Å². The summed E-state index contributed by atoms with van der Waals surface area (Å²) in [6.07, 6.45) is 0.693. The third kappa shape index (κ3) is 4.46. The van der Waals surface area contributed by atoms with E-state index in [0.29, 0.717) is 18.9 Å². The summed E-state index contributed by atoms with van der Waals surface area (Å²) in [4.78, 5) is 0. The van der Waals surface area contributed by atoms with E-state index in [9.17, 15) is 0 Å². The minimum absolute atomic E-state index is 0.134. The Morgan fingerprint density at radius 1 is 1.29 bits per heavy atom. The van der Waals surface area contributed by atoms with Gasteiger partial charge in [0.15, 0.2) is 0 Å². The Kier molecular flexibility index (Phi) is 5.51. The number of benzene rings is 1. The average Bonchev–Trinajstić information content (AvgIpc) is 2.35. The molecule has 92 valence electrons. The predicted molar refractivity (Wildman–Crippen MR) is 69.1 cm³/mol. The lowest BCUT2D eigenvalue weighted by Crippen LogP contribution is -2.25. The van der Waals surface area contributed by atoms with Gasteiger partial charge in [-0.15, -0.1) is 0 Å². The number of hydrogen-bond donors (Lipinski definition) is 1. The van der Waals surface area contributed by atoms with Gasteiger partial charge in [0, 0.05) is 6.42 Å². The molecule has 3 heteroatoms. The molecule has 3 nitrogen and oxygen atoms in total. The lowest BCUT2D eigenvalue weighted by atomic mass is 10.0. The van der Waals surface area contributed by atoms with Crippen LogP contribution >= 0.6 is 0 Å².